The van der Waals surface area contributed by atoms with Gasteiger partial charge in [-0.15, -0.1) is 0 Å². The van der Waals surface area contributed by atoms with Crippen molar-refractivity contribution in [2.45, 2.75) is 19.8 Å². The Balaban J connectivity index is 1.56. The van der Waals surface area contributed by atoms with Crippen LogP contribution in [0.5, 0.6) is 0 Å². The van der Waals surface area contributed by atoms with Gasteiger partial charge in [0.25, 0.3) is 0 Å². The van der Waals surface area contributed by atoms with E-state index in [2.05, 4.69) is 10.3 Å². The summed E-state index contributed by atoms with van der Waals surface area (Å²) in [5, 5.41) is 2.98. The number of carbonyl (C=O) groups is 2. The minimum absolute atomic E-state index is 0.210. The predicted molar refractivity (Wildman–Crippen MR) is 102 cm³/mol. The van der Waals surface area contributed by atoms with E-state index in [1.807, 2.05) is 0 Å². The summed E-state index contributed by atoms with van der Waals surface area (Å²) in [5.74, 6) is -1.44. The van der Waals surface area contributed by atoms with E-state index in [9.17, 15) is 18.4 Å². The van der Waals surface area contributed by atoms with Crippen LogP contribution in [0.15, 0.2) is 30.0 Å². The quantitative estimate of drug-likeness (QED) is 0.767. The normalized spacial score (nSPS) is 14.0. The van der Waals surface area contributed by atoms with Gasteiger partial charge in [0.05, 0.1) is 12.8 Å². The maximum Gasteiger partial charge on any atom is 0.350 e. The Morgan fingerprint density at radius 3 is 2.79 bits per heavy atom. The highest BCUT2D eigenvalue weighted by Gasteiger charge is 2.21. The maximum absolute atomic E-state index is 13.8. The number of piperidine rings is 1. The fraction of sp³-hybridized carbons (Fsp3) is 0.316. The number of nitrogens with zero attached hydrogens (tertiary/aromatic N) is 2. The summed E-state index contributed by atoms with van der Waals surface area (Å²) < 4.78 is 31.9. The molecule has 0 unspecified atom stereocenters. The minimum atomic E-state index is -0.490. The molecule has 1 aromatic heterocycles. The topological polar surface area (TPSA) is 71.5 Å². The number of carbonyl (C=O) groups excluding carboxylic acids is 2. The molecule has 0 atom stereocenters. The monoisotopic (exact) mass is 407 g/mol. The van der Waals surface area contributed by atoms with E-state index in [1.54, 1.807) is 17.9 Å². The molecular formula is C19H19F2N3O3S. The molecular weight excluding hydrogens is 388 g/mol. The van der Waals surface area contributed by atoms with Crippen LogP contribution in [0.1, 0.15) is 35.0 Å². The van der Waals surface area contributed by atoms with Crippen molar-refractivity contribution in [3.8, 4) is 0 Å². The average molecular weight is 407 g/mol. The molecule has 0 radical (unpaired) electrons. The van der Waals surface area contributed by atoms with Crippen LogP contribution in [0, 0.1) is 11.6 Å². The summed E-state index contributed by atoms with van der Waals surface area (Å²) in [6.07, 6.45) is 4.13. The lowest BCUT2D eigenvalue weighted by molar-refractivity contribution is 0.0531. The second kappa shape index (κ2) is 8.92. The van der Waals surface area contributed by atoms with E-state index in [0.29, 0.717) is 35.9 Å². The maximum atomic E-state index is 13.8. The molecule has 0 saturated carbocycles. The Morgan fingerprint density at radius 2 is 2.07 bits per heavy atom. The van der Waals surface area contributed by atoms with Gasteiger partial charge in [-0.25, -0.2) is 23.4 Å². The Labute approximate surface area is 164 Å². The second-order valence-electron chi connectivity index (χ2n) is 6.14. The number of likely N-dealkylation sites (tertiary alicyclic amines) is 1. The van der Waals surface area contributed by atoms with Gasteiger partial charge in [0.2, 0.25) is 0 Å². The first-order valence-corrected chi connectivity index (χ1v) is 9.61. The van der Waals surface area contributed by atoms with E-state index in [4.69, 9.17) is 4.74 Å². The third kappa shape index (κ3) is 4.92. The van der Waals surface area contributed by atoms with Gasteiger partial charge in [-0.2, -0.15) is 0 Å². The number of nitrogens with one attached hydrogen (secondary N) is 1. The zero-order chi connectivity index (χ0) is 20.1. The van der Waals surface area contributed by atoms with Crippen molar-refractivity contribution in [1.29, 1.82) is 0 Å². The number of esters is 1. The Kier molecular flexibility index (Phi) is 6.35. The number of urea groups is 1. The van der Waals surface area contributed by atoms with Crippen molar-refractivity contribution in [3.05, 3.63) is 52.0 Å². The largest absolute Gasteiger partial charge is 0.462 e. The van der Waals surface area contributed by atoms with Gasteiger partial charge >= 0.3 is 12.0 Å². The molecule has 2 aromatic rings. The Hall–Kier alpha value is -2.81. The molecule has 28 heavy (non-hydrogen) atoms. The third-order valence-electron chi connectivity index (χ3n) is 4.21. The molecule has 1 aliphatic rings. The molecule has 0 bridgehead atoms. The number of ether oxygens (including phenoxy) is 1. The van der Waals surface area contributed by atoms with Crippen LogP contribution in [0.2, 0.25) is 0 Å². The SMILES string of the molecule is CCOC(=O)c1cnc(NC(=O)N2CCC(=Cc3cc(F)ccc3F)CC2)s1. The summed E-state index contributed by atoms with van der Waals surface area (Å²) in [5.41, 5.74) is 1.16. The first-order chi connectivity index (χ1) is 13.5. The number of rotatable bonds is 4. The molecule has 1 aliphatic heterocycles. The van der Waals surface area contributed by atoms with Crippen LogP contribution >= 0.6 is 11.3 Å². The summed E-state index contributed by atoms with van der Waals surface area (Å²) in [4.78, 5) is 30.0. The van der Waals surface area contributed by atoms with E-state index < -0.39 is 17.6 Å². The summed E-state index contributed by atoms with van der Waals surface area (Å²) >= 11 is 1.05. The van der Waals surface area contributed by atoms with Crippen LogP contribution in [-0.2, 0) is 4.74 Å². The zero-order valence-corrected chi connectivity index (χ0v) is 16.0. The van der Waals surface area contributed by atoms with Gasteiger partial charge in [0.15, 0.2) is 5.13 Å². The van der Waals surface area contributed by atoms with Crippen LogP contribution in [0.25, 0.3) is 6.08 Å². The van der Waals surface area contributed by atoms with Gasteiger partial charge in [-0.1, -0.05) is 23.0 Å². The van der Waals surface area contributed by atoms with Crippen molar-refractivity contribution in [2.24, 2.45) is 0 Å². The van der Waals surface area contributed by atoms with Crippen LogP contribution in [0.4, 0.5) is 18.7 Å². The van der Waals surface area contributed by atoms with Crippen molar-refractivity contribution in [2.75, 3.05) is 25.0 Å². The smallest absolute Gasteiger partial charge is 0.350 e. The summed E-state index contributed by atoms with van der Waals surface area (Å²) in [7, 11) is 0. The Morgan fingerprint density at radius 1 is 1.32 bits per heavy atom. The lowest BCUT2D eigenvalue weighted by atomic mass is 10.0. The number of hydrogen-bond donors (Lipinski definition) is 1. The molecule has 1 saturated heterocycles. The molecule has 148 valence electrons. The molecule has 6 nitrogen and oxygen atoms in total. The number of thiazole rings is 1. The Bertz CT molecular complexity index is 904. The van der Waals surface area contributed by atoms with Crippen molar-refractivity contribution >= 4 is 34.5 Å². The third-order valence-corrected chi connectivity index (χ3v) is 5.10. The number of aromatic nitrogens is 1. The molecule has 0 spiro atoms. The van der Waals surface area contributed by atoms with Crippen LogP contribution in [0.3, 0.4) is 0 Å². The number of anilines is 1. The van der Waals surface area contributed by atoms with Crippen LogP contribution < -0.4 is 5.32 Å². The zero-order valence-electron chi connectivity index (χ0n) is 15.2. The van der Waals surface area contributed by atoms with Crippen molar-refractivity contribution in [1.82, 2.24) is 9.88 Å². The molecule has 3 rings (SSSR count). The number of halogens is 2. The lowest BCUT2D eigenvalue weighted by Crippen LogP contribution is -2.39. The molecule has 2 amide bonds. The summed E-state index contributed by atoms with van der Waals surface area (Å²) in [6.45, 7) is 2.88. The number of amides is 2. The average Bonchev–Trinajstić information content (AvgIpc) is 3.14. The highest BCUT2D eigenvalue weighted by atomic mass is 32.1. The predicted octanol–water partition coefficient (Wildman–Crippen LogP) is 4.31. The minimum Gasteiger partial charge on any atom is -0.462 e. The van der Waals surface area contributed by atoms with E-state index in [-0.39, 0.29) is 18.2 Å². The van der Waals surface area contributed by atoms with Gasteiger partial charge in [-0.05, 0) is 38.0 Å². The van der Waals surface area contributed by atoms with Gasteiger partial charge < -0.3 is 9.64 Å². The highest BCUT2D eigenvalue weighted by molar-refractivity contribution is 7.17. The van der Waals surface area contributed by atoms with E-state index in [1.165, 1.54) is 6.20 Å². The van der Waals surface area contributed by atoms with E-state index in [0.717, 1.165) is 35.1 Å². The molecule has 0 aliphatic carbocycles. The molecule has 1 aromatic carbocycles. The molecule has 9 heteroatoms. The fourth-order valence-electron chi connectivity index (χ4n) is 2.79. The summed E-state index contributed by atoms with van der Waals surface area (Å²) in [6, 6.07) is 3.02. The molecule has 1 fully saturated rings. The first-order valence-electron chi connectivity index (χ1n) is 8.79. The van der Waals surface area contributed by atoms with Gasteiger partial charge in [0.1, 0.15) is 16.5 Å². The first kappa shape index (κ1) is 19.9. The standard InChI is InChI=1S/C19H19F2N3O3S/c1-2-27-17(25)16-11-22-18(28-16)23-19(26)24-7-5-12(6-8-24)9-13-10-14(20)3-4-15(13)21/h3-4,9-11H,2,5-8H2,1H3,(H,22,23,26). The van der Waals surface area contributed by atoms with E-state index >= 15 is 0 Å². The van der Waals surface area contributed by atoms with Crippen molar-refractivity contribution in [3.63, 3.8) is 0 Å². The second-order valence-corrected chi connectivity index (χ2v) is 7.17. The molecule has 1 N–H and O–H groups in total. The van der Waals surface area contributed by atoms with Crippen LogP contribution in [-0.4, -0.2) is 41.6 Å². The lowest BCUT2D eigenvalue weighted by Gasteiger charge is -2.28. The fourth-order valence-corrected chi connectivity index (χ4v) is 3.49. The highest BCUT2D eigenvalue weighted by Crippen LogP contribution is 2.23. The number of benzene rings is 1. The molecule has 2 heterocycles. The van der Waals surface area contributed by atoms with Gasteiger partial charge in [-0.3, -0.25) is 5.32 Å². The van der Waals surface area contributed by atoms with Crippen molar-refractivity contribution < 1.29 is 23.1 Å². The van der Waals surface area contributed by atoms with Gasteiger partial charge in [0, 0.05) is 18.7 Å². The number of hydrogen-bond acceptors (Lipinski definition) is 5.